The first kappa shape index (κ1) is 44.6. The molecule has 2 N–H and O–H groups in total. The number of carbonyl (C=O) groups excluding carboxylic acids is 3. The number of rotatable bonds is 17. The normalized spacial score (nSPS) is 22.0. The number of anilines is 1. The average molecular weight is 897 g/mol. The molecule has 65 heavy (non-hydrogen) atoms. The van der Waals surface area contributed by atoms with Gasteiger partial charge in [0, 0.05) is 63.3 Å². The van der Waals surface area contributed by atoms with Crippen LogP contribution in [0.1, 0.15) is 110 Å². The van der Waals surface area contributed by atoms with Crippen LogP contribution in [0.25, 0.3) is 22.5 Å². The van der Waals surface area contributed by atoms with Crippen LogP contribution in [-0.4, -0.2) is 109 Å². The number of morpholine rings is 1. The lowest BCUT2D eigenvalue weighted by Crippen LogP contribution is -2.47. The van der Waals surface area contributed by atoms with Gasteiger partial charge in [0.1, 0.15) is 12.3 Å². The van der Waals surface area contributed by atoms with Crippen molar-refractivity contribution in [2.45, 2.75) is 102 Å². The monoisotopic (exact) mass is 896 g/mol. The van der Waals surface area contributed by atoms with Gasteiger partial charge in [0.15, 0.2) is 11.4 Å². The van der Waals surface area contributed by atoms with Crippen LogP contribution in [0, 0.1) is 11.8 Å². The number of nitrogens with zero attached hydrogens (tertiary/aromatic N) is 8. The summed E-state index contributed by atoms with van der Waals surface area (Å²) >= 11 is 0. The molecule has 1 unspecified atom stereocenters. The summed E-state index contributed by atoms with van der Waals surface area (Å²) in [4.78, 5) is 64.3. The molecule has 9 rings (SSSR count). The highest BCUT2D eigenvalue weighted by Gasteiger charge is 2.32. The van der Waals surface area contributed by atoms with Crippen molar-refractivity contribution < 1.29 is 32.3 Å². The van der Waals surface area contributed by atoms with Crippen LogP contribution >= 0.6 is 0 Å². The summed E-state index contributed by atoms with van der Waals surface area (Å²) in [5.74, 6) is 0.106. The van der Waals surface area contributed by atoms with E-state index in [1.54, 1.807) is 28.6 Å². The number of aryl methyl sites for hydroxylation is 3. The molecule has 2 saturated carbocycles. The molecule has 346 valence electrons. The van der Waals surface area contributed by atoms with Gasteiger partial charge in [-0.15, -0.1) is 0 Å². The fourth-order valence-electron chi connectivity index (χ4n) is 9.90. The zero-order valence-electron chi connectivity index (χ0n) is 37.1. The number of amides is 3. The van der Waals surface area contributed by atoms with Crippen molar-refractivity contribution in [1.29, 1.82) is 0 Å². The van der Waals surface area contributed by atoms with Gasteiger partial charge in [0.05, 0.1) is 35.5 Å². The highest BCUT2D eigenvalue weighted by molar-refractivity contribution is 6.03. The van der Waals surface area contributed by atoms with Crippen molar-refractivity contribution in [3.63, 3.8) is 0 Å². The van der Waals surface area contributed by atoms with Gasteiger partial charge in [0.25, 0.3) is 12.3 Å². The average Bonchev–Trinajstić information content (AvgIpc) is 3.71. The van der Waals surface area contributed by atoms with E-state index < -0.39 is 30.0 Å². The quantitative estimate of drug-likeness (QED) is 0.103. The third kappa shape index (κ3) is 10.4. The Morgan fingerprint density at radius 3 is 2.60 bits per heavy atom. The number of hydrogen-bond acceptors (Lipinski definition) is 11. The van der Waals surface area contributed by atoms with Gasteiger partial charge in [-0.3, -0.25) is 43.4 Å². The predicted molar refractivity (Wildman–Crippen MR) is 238 cm³/mol. The second-order valence-corrected chi connectivity index (χ2v) is 18.5. The van der Waals surface area contributed by atoms with E-state index in [9.17, 15) is 28.0 Å². The molecule has 1 aromatic carbocycles. The summed E-state index contributed by atoms with van der Waals surface area (Å²) in [5.41, 5.74) is 3.45. The minimum Gasteiger partial charge on any atom is -0.444 e. The van der Waals surface area contributed by atoms with Gasteiger partial charge in [-0.2, -0.15) is 5.10 Å². The first-order chi connectivity index (χ1) is 31.4. The summed E-state index contributed by atoms with van der Waals surface area (Å²) in [6.45, 7) is 5.02. The number of alkyl halides is 2. The number of hydrogen-bond donors (Lipinski definition) is 2. The summed E-state index contributed by atoms with van der Waals surface area (Å²) < 4.78 is 44.9. The van der Waals surface area contributed by atoms with Gasteiger partial charge in [-0.25, -0.2) is 18.6 Å². The Morgan fingerprint density at radius 2 is 1.82 bits per heavy atom. The first-order valence-electron chi connectivity index (χ1n) is 23.1. The van der Waals surface area contributed by atoms with E-state index in [1.807, 2.05) is 24.3 Å². The summed E-state index contributed by atoms with van der Waals surface area (Å²) in [7, 11) is 3.84. The topological polar surface area (TPSA) is 175 Å². The molecule has 3 amide bonds. The number of likely N-dealkylation sites (N-methyl/N-ethyl adjacent to an activating group) is 1. The molecule has 2 aliphatic heterocycles. The van der Waals surface area contributed by atoms with E-state index in [2.05, 4.69) is 42.5 Å². The van der Waals surface area contributed by atoms with Gasteiger partial charge >= 0.3 is 5.69 Å². The van der Waals surface area contributed by atoms with Crippen LogP contribution in [-0.2, 0) is 34.2 Å². The zero-order valence-corrected chi connectivity index (χ0v) is 37.1. The number of halogens is 2. The highest BCUT2D eigenvalue weighted by atomic mass is 19.3. The number of oxazole rings is 1. The lowest BCUT2D eigenvalue weighted by Gasteiger charge is -2.36. The number of piperidine rings is 1. The fourth-order valence-corrected chi connectivity index (χ4v) is 9.90. The third-order valence-corrected chi connectivity index (χ3v) is 13.6. The lowest BCUT2D eigenvalue weighted by molar-refractivity contribution is -0.135. The molecule has 2 aliphatic carbocycles. The molecule has 5 aromatic rings. The van der Waals surface area contributed by atoms with Crippen LogP contribution in [0.4, 0.5) is 14.5 Å². The summed E-state index contributed by atoms with van der Waals surface area (Å²) in [6.07, 6.45) is 11.9. The Kier molecular flexibility index (Phi) is 13.4. The summed E-state index contributed by atoms with van der Waals surface area (Å²) in [6, 6.07) is 8.89. The Morgan fingerprint density at radius 1 is 1.00 bits per heavy atom. The van der Waals surface area contributed by atoms with Crippen LogP contribution in [0.5, 0.6) is 0 Å². The van der Waals surface area contributed by atoms with Crippen LogP contribution in [0.2, 0.25) is 0 Å². The van der Waals surface area contributed by atoms with E-state index in [1.165, 1.54) is 29.9 Å². The number of nitrogens with one attached hydrogen (secondary N) is 2. The van der Waals surface area contributed by atoms with E-state index in [0.29, 0.717) is 30.0 Å². The van der Waals surface area contributed by atoms with Gasteiger partial charge < -0.3 is 19.4 Å². The number of pyridine rings is 1. The Hall–Kier alpha value is -5.59. The molecule has 2 saturated heterocycles. The van der Waals surface area contributed by atoms with Gasteiger partial charge in [0.2, 0.25) is 17.7 Å². The predicted octanol–water partition coefficient (Wildman–Crippen LogP) is 6.09. The first-order valence-corrected chi connectivity index (χ1v) is 23.1. The van der Waals surface area contributed by atoms with E-state index in [4.69, 9.17) is 9.15 Å². The van der Waals surface area contributed by atoms with E-state index in [-0.39, 0.29) is 47.4 Å². The number of aromatic nitrogens is 6. The minimum absolute atomic E-state index is 0.0105. The van der Waals surface area contributed by atoms with Crippen molar-refractivity contribution in [3.8, 4) is 11.5 Å². The molecule has 18 heteroatoms. The van der Waals surface area contributed by atoms with Gasteiger partial charge in [-0.05, 0) is 113 Å². The van der Waals surface area contributed by atoms with Crippen LogP contribution < -0.4 is 16.3 Å². The molecule has 0 bridgehead atoms. The number of ether oxygens (including phenoxy) is 1. The molecule has 4 aromatic heterocycles. The smallest absolute Gasteiger partial charge is 0.329 e. The molecular formula is C47H58F2N10O6. The zero-order chi connectivity index (χ0) is 45.2. The SMILES string of the molecule is CN(CC1CCC(n2cc(NC(=O)c3coc(-c4ccnc(CCC5CC5)c4)n3)c(C(F)F)n2)CC1)C[C@@H]1CN(CCCc2ccc3c(c2)n(C)c(=O)n3C2CCC(=O)NC2=O)CCO1. The maximum Gasteiger partial charge on any atom is 0.329 e. The number of imide groups is 1. The van der Waals surface area contributed by atoms with Crippen molar-refractivity contribution in [1.82, 2.24) is 44.0 Å². The lowest BCUT2D eigenvalue weighted by atomic mass is 9.86. The number of fused-ring (bicyclic) bond motifs is 1. The maximum absolute atomic E-state index is 14.2. The molecule has 0 spiro atoms. The second kappa shape index (κ2) is 19.5. The van der Waals surface area contributed by atoms with Crippen LogP contribution in [0.3, 0.4) is 0 Å². The van der Waals surface area contributed by atoms with Crippen molar-refractivity contribution >= 4 is 34.4 Å². The highest BCUT2D eigenvalue weighted by Crippen LogP contribution is 2.36. The summed E-state index contributed by atoms with van der Waals surface area (Å²) in [5, 5.41) is 9.23. The molecular weight excluding hydrogens is 839 g/mol. The number of benzene rings is 1. The van der Waals surface area contributed by atoms with Gasteiger partial charge in [-0.1, -0.05) is 18.9 Å². The standard InChI is InChI=1S/C47H58F2N10O6/c1-55(25-35-26-57(20-21-64-35)19-3-4-30-10-14-38-40(22-30)56(2)47(63)59(38)39-15-16-41(60)53-45(39)62)24-31-8-12-34(13-9-31)58-27-36(42(54-58)43(48)49)51-44(61)37-28-65-46(52-37)32-17-18-50-33(23-32)11-7-29-5-6-29/h10,14,17-18,22-23,27-29,31,34-35,39,43H,3-9,11-13,15-16,19-21,24-26H2,1-2H3,(H,51,61)(H,53,60,62)/t31?,34?,35-,39?/m1/s1. The Bertz CT molecular complexity index is 2570. The Balaban J connectivity index is 0.720. The van der Waals surface area contributed by atoms with E-state index in [0.717, 1.165) is 107 Å². The number of imidazole rings is 1. The minimum atomic E-state index is -2.87. The molecule has 16 nitrogen and oxygen atoms in total. The van der Waals surface area contributed by atoms with Crippen molar-refractivity contribution in [2.75, 3.05) is 51.7 Å². The number of carbonyl (C=O) groups is 3. The molecule has 4 fully saturated rings. The Labute approximate surface area is 375 Å². The molecule has 4 aliphatic rings. The second-order valence-electron chi connectivity index (χ2n) is 18.5. The van der Waals surface area contributed by atoms with E-state index >= 15 is 0 Å². The van der Waals surface area contributed by atoms with Crippen molar-refractivity contribution in [3.05, 3.63) is 82.1 Å². The van der Waals surface area contributed by atoms with Crippen LogP contribution in [0.15, 0.2) is 58.2 Å². The fraction of sp³-hybridized carbons (Fsp3) is 0.553. The third-order valence-electron chi connectivity index (χ3n) is 13.6. The van der Waals surface area contributed by atoms with Crippen molar-refractivity contribution in [2.24, 2.45) is 18.9 Å². The molecule has 2 atom stereocenters. The molecule has 0 radical (unpaired) electrons. The molecule has 6 heterocycles. The maximum atomic E-state index is 14.2. The largest absolute Gasteiger partial charge is 0.444 e.